The average Bonchev–Trinajstić information content (AvgIpc) is 3.23. The predicted molar refractivity (Wildman–Crippen MR) is 88.2 cm³/mol. The molecule has 0 radical (unpaired) electrons. The van der Waals surface area contributed by atoms with Crippen molar-refractivity contribution in [3.8, 4) is 11.7 Å². The van der Waals surface area contributed by atoms with Crippen LogP contribution in [-0.2, 0) is 11.3 Å². The Kier molecular flexibility index (Phi) is 5.18. The molecule has 1 saturated heterocycles. The Morgan fingerprint density at radius 3 is 2.78 bits per heavy atom. The number of hydrogen-bond donors (Lipinski definition) is 0. The van der Waals surface area contributed by atoms with Gasteiger partial charge < -0.3 is 13.6 Å². The molecule has 0 amide bonds. The van der Waals surface area contributed by atoms with E-state index in [1.54, 1.807) is 0 Å². The maximum Gasteiger partial charge on any atom is 0.263 e. The van der Waals surface area contributed by atoms with E-state index in [1.807, 2.05) is 26.0 Å². The molecule has 1 fully saturated rings. The Morgan fingerprint density at radius 1 is 1.26 bits per heavy atom. The number of nitrogens with zero attached hydrogens (tertiary/aromatic N) is 2. The first-order valence-corrected chi connectivity index (χ1v) is 8.52. The van der Waals surface area contributed by atoms with Gasteiger partial charge in [0, 0.05) is 19.7 Å². The summed E-state index contributed by atoms with van der Waals surface area (Å²) in [5.41, 5.74) is 0.987. The van der Waals surface area contributed by atoms with Gasteiger partial charge in [0.1, 0.15) is 11.5 Å². The molecule has 2 aromatic heterocycles. The molecule has 5 nitrogen and oxygen atoms in total. The van der Waals surface area contributed by atoms with Crippen molar-refractivity contribution in [2.75, 3.05) is 19.7 Å². The first kappa shape index (κ1) is 16.3. The lowest BCUT2D eigenvalue weighted by atomic mass is 10.2. The zero-order valence-corrected chi connectivity index (χ0v) is 14.3. The molecule has 0 N–H and O–H groups in total. The second kappa shape index (κ2) is 7.32. The Morgan fingerprint density at radius 2 is 2.13 bits per heavy atom. The van der Waals surface area contributed by atoms with Crippen LogP contribution in [0.5, 0.6) is 0 Å². The van der Waals surface area contributed by atoms with Crippen LogP contribution in [0.1, 0.15) is 43.4 Å². The molecule has 3 heterocycles. The van der Waals surface area contributed by atoms with Gasteiger partial charge in [-0.1, -0.05) is 6.92 Å². The average molecular weight is 318 g/mol. The van der Waals surface area contributed by atoms with Crippen molar-refractivity contribution in [2.24, 2.45) is 0 Å². The molecule has 1 unspecified atom stereocenters. The second-order valence-electron chi connectivity index (χ2n) is 6.30. The van der Waals surface area contributed by atoms with Gasteiger partial charge >= 0.3 is 0 Å². The molecule has 3 rings (SSSR count). The monoisotopic (exact) mass is 318 g/mol. The lowest BCUT2D eigenvalue weighted by Gasteiger charge is -2.23. The van der Waals surface area contributed by atoms with Gasteiger partial charge in [-0.05, 0) is 51.8 Å². The first-order valence-electron chi connectivity index (χ1n) is 8.52. The van der Waals surface area contributed by atoms with Crippen molar-refractivity contribution in [2.45, 2.75) is 52.7 Å². The molecule has 0 spiro atoms. The molecular formula is C18H26N2O3. The zero-order valence-electron chi connectivity index (χ0n) is 14.3. The molecule has 23 heavy (non-hydrogen) atoms. The van der Waals surface area contributed by atoms with Crippen LogP contribution >= 0.6 is 0 Å². The number of furan rings is 1. The van der Waals surface area contributed by atoms with Crippen molar-refractivity contribution in [1.29, 1.82) is 0 Å². The number of oxazole rings is 1. The highest BCUT2D eigenvalue weighted by Gasteiger charge is 2.21. The van der Waals surface area contributed by atoms with Gasteiger partial charge in [0.2, 0.25) is 0 Å². The highest BCUT2D eigenvalue weighted by atomic mass is 16.5. The van der Waals surface area contributed by atoms with Crippen LogP contribution in [0, 0.1) is 13.8 Å². The SMILES string of the molecule is CCCN(Cc1nc(-c2ccc(C)o2)oc1C)CC1CCCO1. The van der Waals surface area contributed by atoms with E-state index in [9.17, 15) is 0 Å². The molecule has 1 aliphatic rings. The molecule has 1 aliphatic heterocycles. The van der Waals surface area contributed by atoms with Gasteiger partial charge in [-0.25, -0.2) is 4.98 Å². The zero-order chi connectivity index (χ0) is 16.2. The number of aryl methyl sites for hydroxylation is 2. The van der Waals surface area contributed by atoms with Crippen LogP contribution in [0.15, 0.2) is 21.0 Å². The Labute approximate surface area is 137 Å². The third-order valence-electron chi connectivity index (χ3n) is 4.24. The van der Waals surface area contributed by atoms with Gasteiger partial charge in [0.25, 0.3) is 5.89 Å². The van der Waals surface area contributed by atoms with E-state index >= 15 is 0 Å². The molecule has 1 atom stereocenters. The normalized spacial score (nSPS) is 18.2. The van der Waals surface area contributed by atoms with Crippen molar-refractivity contribution in [3.05, 3.63) is 29.3 Å². The number of rotatable bonds is 7. The predicted octanol–water partition coefficient (Wildman–Crippen LogP) is 3.94. The fourth-order valence-electron chi connectivity index (χ4n) is 3.07. The lowest BCUT2D eigenvalue weighted by Crippen LogP contribution is -2.32. The molecule has 2 aromatic rings. The molecule has 5 heteroatoms. The molecule has 0 bridgehead atoms. The summed E-state index contributed by atoms with van der Waals surface area (Å²) in [5.74, 6) is 2.99. The summed E-state index contributed by atoms with van der Waals surface area (Å²) in [6.45, 7) is 9.80. The highest BCUT2D eigenvalue weighted by molar-refractivity contribution is 5.45. The quantitative estimate of drug-likeness (QED) is 0.774. The molecule has 126 valence electrons. The lowest BCUT2D eigenvalue weighted by molar-refractivity contribution is 0.0701. The molecule has 0 aromatic carbocycles. The van der Waals surface area contributed by atoms with Crippen LogP contribution in [0.2, 0.25) is 0 Å². The summed E-state index contributed by atoms with van der Waals surface area (Å²) in [6.07, 6.45) is 3.82. The van der Waals surface area contributed by atoms with Gasteiger partial charge in [0.05, 0.1) is 11.8 Å². The van der Waals surface area contributed by atoms with Crippen LogP contribution in [0.3, 0.4) is 0 Å². The summed E-state index contributed by atoms with van der Waals surface area (Å²) in [4.78, 5) is 7.06. The largest absolute Gasteiger partial charge is 0.456 e. The summed E-state index contributed by atoms with van der Waals surface area (Å²) < 4.78 is 17.2. The summed E-state index contributed by atoms with van der Waals surface area (Å²) in [7, 11) is 0. The molecule has 0 aliphatic carbocycles. The minimum absolute atomic E-state index is 0.362. The standard InChI is InChI=1S/C18H26N2O3/c1-4-9-20(11-15-6-5-10-21-15)12-16-14(3)23-18(19-16)17-8-7-13(2)22-17/h7-8,15H,4-6,9-12H2,1-3H3. The van der Waals surface area contributed by atoms with Crippen molar-refractivity contribution < 1.29 is 13.6 Å². The van der Waals surface area contributed by atoms with Crippen molar-refractivity contribution >= 4 is 0 Å². The Hall–Kier alpha value is -1.59. The summed E-state index contributed by atoms with van der Waals surface area (Å²) in [5, 5.41) is 0. The number of ether oxygens (including phenoxy) is 1. The Bertz CT molecular complexity index is 626. The Balaban J connectivity index is 1.70. The third kappa shape index (κ3) is 4.03. The van der Waals surface area contributed by atoms with Crippen LogP contribution in [-0.4, -0.2) is 35.7 Å². The van der Waals surface area contributed by atoms with Gasteiger partial charge in [-0.3, -0.25) is 4.90 Å². The van der Waals surface area contributed by atoms with Gasteiger partial charge in [-0.15, -0.1) is 0 Å². The summed E-state index contributed by atoms with van der Waals surface area (Å²) in [6, 6.07) is 3.83. The number of aromatic nitrogens is 1. The molecular weight excluding hydrogens is 292 g/mol. The minimum Gasteiger partial charge on any atom is -0.456 e. The van der Waals surface area contributed by atoms with Crippen molar-refractivity contribution in [3.63, 3.8) is 0 Å². The second-order valence-corrected chi connectivity index (χ2v) is 6.30. The fraction of sp³-hybridized carbons (Fsp3) is 0.611. The van der Waals surface area contributed by atoms with E-state index in [0.29, 0.717) is 17.8 Å². The van der Waals surface area contributed by atoms with E-state index in [-0.39, 0.29) is 0 Å². The van der Waals surface area contributed by atoms with E-state index in [0.717, 1.165) is 56.3 Å². The maximum atomic E-state index is 5.80. The van der Waals surface area contributed by atoms with Crippen LogP contribution < -0.4 is 0 Å². The smallest absolute Gasteiger partial charge is 0.263 e. The summed E-state index contributed by atoms with van der Waals surface area (Å²) >= 11 is 0. The third-order valence-corrected chi connectivity index (χ3v) is 4.24. The maximum absolute atomic E-state index is 5.80. The topological polar surface area (TPSA) is 51.6 Å². The van der Waals surface area contributed by atoms with Gasteiger partial charge in [-0.2, -0.15) is 0 Å². The number of hydrogen-bond acceptors (Lipinski definition) is 5. The van der Waals surface area contributed by atoms with Gasteiger partial charge in [0.15, 0.2) is 5.76 Å². The van der Waals surface area contributed by atoms with Crippen LogP contribution in [0.25, 0.3) is 11.7 Å². The van der Waals surface area contributed by atoms with E-state index in [1.165, 1.54) is 6.42 Å². The van der Waals surface area contributed by atoms with E-state index in [4.69, 9.17) is 13.6 Å². The fourth-order valence-corrected chi connectivity index (χ4v) is 3.07. The molecule has 0 saturated carbocycles. The highest BCUT2D eigenvalue weighted by Crippen LogP contribution is 2.25. The van der Waals surface area contributed by atoms with E-state index < -0.39 is 0 Å². The van der Waals surface area contributed by atoms with Crippen molar-refractivity contribution in [1.82, 2.24) is 9.88 Å². The first-order chi connectivity index (χ1) is 11.2. The van der Waals surface area contributed by atoms with E-state index in [2.05, 4.69) is 16.8 Å². The van der Waals surface area contributed by atoms with Crippen LogP contribution in [0.4, 0.5) is 0 Å². The minimum atomic E-state index is 0.362.